The molecular formula is C22H26N2O5S. The van der Waals surface area contributed by atoms with Gasteiger partial charge >= 0.3 is 0 Å². The lowest BCUT2D eigenvalue weighted by molar-refractivity contribution is 0.345. The van der Waals surface area contributed by atoms with Gasteiger partial charge in [0.25, 0.3) is 0 Å². The van der Waals surface area contributed by atoms with Crippen molar-refractivity contribution < 1.29 is 22.4 Å². The Balaban J connectivity index is 1.92. The summed E-state index contributed by atoms with van der Waals surface area (Å²) in [4.78, 5) is 0.254. The van der Waals surface area contributed by atoms with E-state index in [9.17, 15) is 8.42 Å². The van der Waals surface area contributed by atoms with Crippen LogP contribution in [0, 0.1) is 5.92 Å². The zero-order valence-corrected chi connectivity index (χ0v) is 18.3. The zero-order chi connectivity index (χ0) is 21.7. The van der Waals surface area contributed by atoms with Crippen molar-refractivity contribution in [2.45, 2.75) is 25.3 Å². The lowest BCUT2D eigenvalue weighted by Crippen LogP contribution is -2.33. The van der Waals surface area contributed by atoms with Crippen LogP contribution in [0.5, 0.6) is 11.5 Å². The van der Waals surface area contributed by atoms with Crippen molar-refractivity contribution in [3.05, 3.63) is 60.3 Å². The van der Waals surface area contributed by atoms with Gasteiger partial charge in [-0.25, -0.2) is 8.42 Å². The Morgan fingerprint density at radius 1 is 1.03 bits per heavy atom. The summed E-state index contributed by atoms with van der Waals surface area (Å²) in [5.74, 6) is 1.88. The predicted molar refractivity (Wildman–Crippen MR) is 114 cm³/mol. The fourth-order valence-corrected chi connectivity index (χ4v) is 4.69. The van der Waals surface area contributed by atoms with Crippen molar-refractivity contribution >= 4 is 10.0 Å². The number of nitrogens with zero attached hydrogens (tertiary/aromatic N) is 2. The van der Waals surface area contributed by atoms with Crippen LogP contribution in [0.25, 0.3) is 11.3 Å². The number of aromatic nitrogens is 1. The smallest absolute Gasteiger partial charge is 0.243 e. The number of methoxy groups -OCH3 is 2. The fraction of sp³-hybridized carbons (Fsp3) is 0.318. The lowest BCUT2D eigenvalue weighted by atomic mass is 10.1. The molecule has 0 aliphatic heterocycles. The summed E-state index contributed by atoms with van der Waals surface area (Å²) in [7, 11) is -0.518. The summed E-state index contributed by atoms with van der Waals surface area (Å²) in [6, 6.07) is 15.5. The first-order chi connectivity index (χ1) is 14.3. The molecule has 160 valence electrons. The molecule has 0 spiro atoms. The first kappa shape index (κ1) is 21.9. The molecule has 1 heterocycles. The van der Waals surface area contributed by atoms with Crippen LogP contribution in [0.2, 0.25) is 0 Å². The Bertz CT molecular complexity index is 1080. The summed E-state index contributed by atoms with van der Waals surface area (Å²) >= 11 is 0. The molecule has 7 nitrogen and oxygen atoms in total. The minimum absolute atomic E-state index is 0.102. The molecule has 0 N–H and O–H groups in total. The van der Waals surface area contributed by atoms with E-state index in [1.165, 1.54) is 4.31 Å². The minimum Gasteiger partial charge on any atom is -0.497 e. The van der Waals surface area contributed by atoms with Gasteiger partial charge in [0.1, 0.15) is 11.5 Å². The maximum Gasteiger partial charge on any atom is 0.243 e. The van der Waals surface area contributed by atoms with Gasteiger partial charge in [-0.3, -0.25) is 0 Å². The second-order valence-electron chi connectivity index (χ2n) is 7.25. The van der Waals surface area contributed by atoms with Gasteiger partial charge in [0.2, 0.25) is 10.0 Å². The maximum absolute atomic E-state index is 13.2. The van der Waals surface area contributed by atoms with E-state index < -0.39 is 10.0 Å². The van der Waals surface area contributed by atoms with Crippen LogP contribution in [0.1, 0.15) is 19.5 Å². The van der Waals surface area contributed by atoms with E-state index in [-0.39, 0.29) is 17.4 Å². The average Bonchev–Trinajstić information content (AvgIpc) is 3.21. The monoisotopic (exact) mass is 430 g/mol. The molecule has 0 radical (unpaired) electrons. The van der Waals surface area contributed by atoms with Crippen LogP contribution < -0.4 is 9.47 Å². The number of hydrogen-bond acceptors (Lipinski definition) is 6. The molecule has 0 saturated heterocycles. The molecule has 0 amide bonds. The Morgan fingerprint density at radius 3 is 2.40 bits per heavy atom. The molecule has 2 aromatic carbocycles. The number of sulfonamides is 1. The van der Waals surface area contributed by atoms with Crippen molar-refractivity contribution in [2.24, 2.45) is 5.92 Å². The van der Waals surface area contributed by atoms with Crippen LogP contribution in [0.4, 0.5) is 0 Å². The summed E-state index contributed by atoms with van der Waals surface area (Å²) in [6.45, 7) is 4.42. The van der Waals surface area contributed by atoms with E-state index in [1.54, 1.807) is 68.8 Å². The third kappa shape index (κ3) is 4.83. The second-order valence-corrected chi connectivity index (χ2v) is 9.19. The second kappa shape index (κ2) is 9.32. The Morgan fingerprint density at radius 2 is 1.77 bits per heavy atom. The summed E-state index contributed by atoms with van der Waals surface area (Å²) in [5, 5.41) is 4.10. The van der Waals surface area contributed by atoms with Crippen molar-refractivity contribution in [3.8, 4) is 22.8 Å². The number of ether oxygens (including phenoxy) is 2. The van der Waals surface area contributed by atoms with Gasteiger partial charge in [0.15, 0.2) is 5.76 Å². The highest BCUT2D eigenvalue weighted by molar-refractivity contribution is 7.89. The average molecular weight is 431 g/mol. The molecule has 0 saturated carbocycles. The normalized spacial score (nSPS) is 11.8. The molecule has 30 heavy (non-hydrogen) atoms. The van der Waals surface area contributed by atoms with E-state index in [0.29, 0.717) is 35.1 Å². The SMILES string of the molecule is COc1ccc(OC)c(-c2cc(CN(CC(C)C)S(=O)(=O)c3ccccc3)no2)c1. The van der Waals surface area contributed by atoms with Crippen molar-refractivity contribution in [3.63, 3.8) is 0 Å². The molecule has 0 aliphatic carbocycles. The largest absolute Gasteiger partial charge is 0.497 e. The van der Waals surface area contributed by atoms with E-state index in [1.807, 2.05) is 13.8 Å². The lowest BCUT2D eigenvalue weighted by Gasteiger charge is -2.23. The van der Waals surface area contributed by atoms with Gasteiger partial charge in [-0.15, -0.1) is 0 Å². The molecule has 8 heteroatoms. The number of hydrogen-bond donors (Lipinski definition) is 0. The quantitative estimate of drug-likeness (QED) is 0.506. The van der Waals surface area contributed by atoms with Crippen LogP contribution in [0.3, 0.4) is 0 Å². The van der Waals surface area contributed by atoms with Crippen molar-refractivity contribution in [1.29, 1.82) is 0 Å². The molecule has 1 aromatic heterocycles. The van der Waals surface area contributed by atoms with Gasteiger partial charge in [-0.2, -0.15) is 4.31 Å². The topological polar surface area (TPSA) is 81.9 Å². The minimum atomic E-state index is -3.67. The first-order valence-corrected chi connectivity index (χ1v) is 11.0. The molecular weight excluding hydrogens is 404 g/mol. The first-order valence-electron chi connectivity index (χ1n) is 9.58. The molecule has 3 rings (SSSR count). The van der Waals surface area contributed by atoms with Gasteiger partial charge in [-0.05, 0) is 36.2 Å². The highest BCUT2D eigenvalue weighted by Gasteiger charge is 2.26. The van der Waals surface area contributed by atoms with Crippen LogP contribution in [-0.2, 0) is 16.6 Å². The standard InChI is InChI=1S/C22H26N2O5S/c1-16(2)14-24(30(25,26)19-8-6-5-7-9-19)15-17-12-22(29-23-17)20-13-18(27-3)10-11-21(20)28-4/h5-13,16H,14-15H2,1-4H3. The van der Waals surface area contributed by atoms with Gasteiger partial charge < -0.3 is 14.0 Å². The molecule has 0 aliphatic rings. The Kier molecular flexibility index (Phi) is 6.79. The number of benzene rings is 2. The van der Waals surface area contributed by atoms with Crippen molar-refractivity contribution in [1.82, 2.24) is 9.46 Å². The van der Waals surface area contributed by atoms with Crippen LogP contribution in [0.15, 0.2) is 64.0 Å². The maximum atomic E-state index is 13.2. The Hall–Kier alpha value is -2.84. The molecule has 0 bridgehead atoms. The van der Waals surface area contributed by atoms with Crippen LogP contribution in [-0.4, -0.2) is 38.6 Å². The highest BCUT2D eigenvalue weighted by atomic mass is 32.2. The molecule has 0 atom stereocenters. The predicted octanol–water partition coefficient (Wildman–Crippen LogP) is 4.21. The third-order valence-corrected chi connectivity index (χ3v) is 6.35. The summed E-state index contributed by atoms with van der Waals surface area (Å²) in [5.41, 5.74) is 1.19. The zero-order valence-electron chi connectivity index (χ0n) is 17.5. The molecule has 3 aromatic rings. The molecule has 0 fully saturated rings. The summed E-state index contributed by atoms with van der Waals surface area (Å²) in [6.07, 6.45) is 0. The molecule has 0 unspecified atom stereocenters. The Labute approximate surface area is 177 Å². The van der Waals surface area contributed by atoms with Gasteiger partial charge in [0.05, 0.1) is 36.9 Å². The van der Waals surface area contributed by atoms with E-state index >= 15 is 0 Å². The third-order valence-electron chi connectivity index (χ3n) is 4.52. The fourth-order valence-electron chi connectivity index (χ4n) is 3.10. The van der Waals surface area contributed by atoms with Gasteiger partial charge in [-0.1, -0.05) is 37.2 Å². The summed E-state index contributed by atoms with van der Waals surface area (Å²) < 4.78 is 43.9. The van der Waals surface area contributed by atoms with E-state index in [4.69, 9.17) is 14.0 Å². The van der Waals surface area contributed by atoms with Crippen molar-refractivity contribution in [2.75, 3.05) is 20.8 Å². The van der Waals surface area contributed by atoms with Crippen LogP contribution >= 0.6 is 0 Å². The van der Waals surface area contributed by atoms with E-state index in [2.05, 4.69) is 5.16 Å². The highest BCUT2D eigenvalue weighted by Crippen LogP contribution is 2.34. The van der Waals surface area contributed by atoms with E-state index in [0.717, 1.165) is 0 Å². The van der Waals surface area contributed by atoms with Gasteiger partial charge in [0, 0.05) is 12.6 Å². The number of rotatable bonds is 9.